The van der Waals surface area contributed by atoms with Crippen LogP contribution in [0.15, 0.2) is 24.3 Å². The summed E-state index contributed by atoms with van der Waals surface area (Å²) in [6, 6.07) is 7.06. The first-order chi connectivity index (χ1) is 6.77. The second-order valence-corrected chi connectivity index (χ2v) is 2.95. The quantitative estimate of drug-likeness (QED) is 0.416. The van der Waals surface area contributed by atoms with Crippen molar-refractivity contribution in [1.82, 2.24) is 0 Å². The second kappa shape index (κ2) is 5.17. The molecule has 1 aromatic rings. The fourth-order valence-electron chi connectivity index (χ4n) is 1.21. The normalized spacial score (nSPS) is 9.50. The molecule has 0 amide bonds. The van der Waals surface area contributed by atoms with Crippen LogP contribution in [0.4, 0.5) is 0 Å². The molecule has 0 aliphatic carbocycles. The third-order valence-corrected chi connectivity index (χ3v) is 1.88. The minimum Gasteiger partial charge on any atom is -0.392 e. The first kappa shape index (κ1) is 10.4. The SMILES string of the molecule is CCCc1ccc(C(=O)OC=O)cc1. The first-order valence-electron chi connectivity index (χ1n) is 4.51. The Labute approximate surface area is 82.7 Å². The molecule has 0 atom stereocenters. The molecule has 0 radical (unpaired) electrons. The first-order valence-corrected chi connectivity index (χ1v) is 4.51. The van der Waals surface area contributed by atoms with Crippen LogP contribution >= 0.6 is 0 Å². The Hall–Kier alpha value is -1.64. The number of carbonyl (C=O) groups excluding carboxylic acids is 2. The van der Waals surface area contributed by atoms with Crippen molar-refractivity contribution in [3.8, 4) is 0 Å². The number of hydrogen-bond donors (Lipinski definition) is 0. The Morgan fingerprint density at radius 1 is 1.36 bits per heavy atom. The molecule has 0 aromatic heterocycles. The second-order valence-electron chi connectivity index (χ2n) is 2.95. The maximum Gasteiger partial charge on any atom is 0.345 e. The van der Waals surface area contributed by atoms with Crippen LogP contribution < -0.4 is 0 Å². The summed E-state index contributed by atoms with van der Waals surface area (Å²) in [5.41, 5.74) is 1.58. The lowest BCUT2D eigenvalue weighted by Gasteiger charge is -2.00. The minimum absolute atomic E-state index is 0.141. The fraction of sp³-hybridized carbons (Fsp3) is 0.273. The summed E-state index contributed by atoms with van der Waals surface area (Å²) in [5, 5.41) is 0. The van der Waals surface area contributed by atoms with Gasteiger partial charge in [-0.1, -0.05) is 25.5 Å². The molecule has 3 nitrogen and oxygen atoms in total. The molecule has 74 valence electrons. The van der Waals surface area contributed by atoms with Crippen molar-refractivity contribution in [2.24, 2.45) is 0 Å². The van der Waals surface area contributed by atoms with Gasteiger partial charge in [0.1, 0.15) is 0 Å². The Morgan fingerprint density at radius 2 is 2.00 bits per heavy atom. The van der Waals surface area contributed by atoms with E-state index >= 15 is 0 Å². The summed E-state index contributed by atoms with van der Waals surface area (Å²) >= 11 is 0. The lowest BCUT2D eigenvalue weighted by atomic mass is 10.1. The number of aryl methyl sites for hydroxylation is 1. The van der Waals surface area contributed by atoms with Gasteiger partial charge in [0.15, 0.2) is 0 Å². The van der Waals surface area contributed by atoms with Crippen LogP contribution in [0.1, 0.15) is 29.3 Å². The predicted molar refractivity (Wildman–Crippen MR) is 51.9 cm³/mol. The number of esters is 1. The van der Waals surface area contributed by atoms with Crippen LogP contribution in [-0.2, 0) is 16.0 Å². The monoisotopic (exact) mass is 192 g/mol. The molecule has 0 heterocycles. The van der Waals surface area contributed by atoms with E-state index in [4.69, 9.17) is 0 Å². The summed E-state index contributed by atoms with van der Waals surface area (Å²) in [6.07, 6.45) is 2.06. The lowest BCUT2D eigenvalue weighted by molar-refractivity contribution is -0.123. The Kier molecular flexibility index (Phi) is 3.85. The van der Waals surface area contributed by atoms with Gasteiger partial charge in [-0.25, -0.2) is 4.79 Å². The van der Waals surface area contributed by atoms with E-state index in [1.54, 1.807) is 12.1 Å². The number of carbonyl (C=O) groups is 2. The van der Waals surface area contributed by atoms with Crippen LogP contribution in [0.2, 0.25) is 0 Å². The van der Waals surface area contributed by atoms with E-state index in [-0.39, 0.29) is 6.47 Å². The van der Waals surface area contributed by atoms with E-state index in [0.717, 1.165) is 12.8 Å². The molecule has 3 heteroatoms. The van der Waals surface area contributed by atoms with Gasteiger partial charge in [-0.3, -0.25) is 4.79 Å². The molecular formula is C11H12O3. The molecular weight excluding hydrogens is 180 g/mol. The average Bonchev–Trinajstić information content (AvgIpc) is 2.20. The Bertz CT molecular complexity index is 314. The largest absolute Gasteiger partial charge is 0.392 e. The van der Waals surface area contributed by atoms with Crippen LogP contribution in [0.25, 0.3) is 0 Å². The van der Waals surface area contributed by atoms with E-state index in [2.05, 4.69) is 11.7 Å². The smallest absolute Gasteiger partial charge is 0.345 e. The van der Waals surface area contributed by atoms with Crippen molar-refractivity contribution in [1.29, 1.82) is 0 Å². The van der Waals surface area contributed by atoms with Crippen LogP contribution in [0, 0.1) is 0 Å². The van der Waals surface area contributed by atoms with Crippen molar-refractivity contribution in [2.45, 2.75) is 19.8 Å². The van der Waals surface area contributed by atoms with E-state index in [1.165, 1.54) is 5.56 Å². The number of benzene rings is 1. The van der Waals surface area contributed by atoms with Gasteiger partial charge in [0, 0.05) is 0 Å². The minimum atomic E-state index is -0.608. The standard InChI is InChI=1S/C11H12O3/c1-2-3-9-4-6-10(7-5-9)11(13)14-8-12/h4-8H,2-3H2,1H3. The van der Waals surface area contributed by atoms with Crippen molar-refractivity contribution in [3.63, 3.8) is 0 Å². The molecule has 0 aliphatic heterocycles. The average molecular weight is 192 g/mol. The molecule has 0 aliphatic rings. The maximum absolute atomic E-state index is 11.1. The third kappa shape index (κ3) is 2.69. The fourth-order valence-corrected chi connectivity index (χ4v) is 1.21. The maximum atomic E-state index is 11.1. The number of rotatable bonds is 4. The summed E-state index contributed by atoms with van der Waals surface area (Å²) in [4.78, 5) is 21.0. The highest BCUT2D eigenvalue weighted by molar-refractivity contribution is 5.92. The highest BCUT2D eigenvalue weighted by atomic mass is 16.6. The zero-order valence-electron chi connectivity index (χ0n) is 8.03. The third-order valence-electron chi connectivity index (χ3n) is 1.88. The molecule has 0 bridgehead atoms. The molecule has 0 saturated carbocycles. The molecule has 0 unspecified atom stereocenters. The summed E-state index contributed by atoms with van der Waals surface area (Å²) < 4.78 is 4.21. The molecule has 0 saturated heterocycles. The van der Waals surface area contributed by atoms with Crippen LogP contribution in [0.5, 0.6) is 0 Å². The summed E-state index contributed by atoms with van der Waals surface area (Å²) in [6.45, 7) is 2.23. The molecule has 1 rings (SSSR count). The van der Waals surface area contributed by atoms with E-state index in [1.807, 2.05) is 12.1 Å². The highest BCUT2D eigenvalue weighted by Gasteiger charge is 2.05. The van der Waals surface area contributed by atoms with E-state index in [0.29, 0.717) is 5.56 Å². The van der Waals surface area contributed by atoms with Crippen molar-refractivity contribution in [3.05, 3.63) is 35.4 Å². The van der Waals surface area contributed by atoms with Gasteiger partial charge < -0.3 is 4.74 Å². The van der Waals surface area contributed by atoms with Crippen molar-refractivity contribution < 1.29 is 14.3 Å². The number of ether oxygens (including phenoxy) is 1. The molecule has 1 aromatic carbocycles. The Balaban J connectivity index is 2.72. The van der Waals surface area contributed by atoms with Gasteiger partial charge in [-0.05, 0) is 24.1 Å². The van der Waals surface area contributed by atoms with Crippen LogP contribution in [0.3, 0.4) is 0 Å². The van der Waals surface area contributed by atoms with Gasteiger partial charge >= 0.3 is 12.4 Å². The number of hydrogen-bond acceptors (Lipinski definition) is 3. The molecule has 0 N–H and O–H groups in total. The van der Waals surface area contributed by atoms with Crippen molar-refractivity contribution >= 4 is 12.4 Å². The van der Waals surface area contributed by atoms with Gasteiger partial charge in [0.25, 0.3) is 0 Å². The highest BCUT2D eigenvalue weighted by Crippen LogP contribution is 2.07. The summed E-state index contributed by atoms with van der Waals surface area (Å²) in [5.74, 6) is -0.608. The molecule has 14 heavy (non-hydrogen) atoms. The lowest BCUT2D eigenvalue weighted by Crippen LogP contribution is -2.03. The van der Waals surface area contributed by atoms with Crippen LogP contribution in [-0.4, -0.2) is 12.4 Å². The van der Waals surface area contributed by atoms with Gasteiger partial charge in [0.2, 0.25) is 0 Å². The van der Waals surface area contributed by atoms with Gasteiger partial charge in [-0.2, -0.15) is 0 Å². The van der Waals surface area contributed by atoms with E-state index < -0.39 is 5.97 Å². The van der Waals surface area contributed by atoms with Crippen molar-refractivity contribution in [2.75, 3.05) is 0 Å². The van der Waals surface area contributed by atoms with Gasteiger partial charge in [-0.15, -0.1) is 0 Å². The molecule has 0 spiro atoms. The zero-order chi connectivity index (χ0) is 10.4. The summed E-state index contributed by atoms with van der Waals surface area (Å²) in [7, 11) is 0. The Morgan fingerprint density at radius 3 is 2.50 bits per heavy atom. The predicted octanol–water partition coefficient (Wildman–Crippen LogP) is 1.95. The molecule has 0 fully saturated rings. The topological polar surface area (TPSA) is 43.4 Å². The zero-order valence-corrected chi connectivity index (χ0v) is 8.03. The van der Waals surface area contributed by atoms with E-state index in [9.17, 15) is 9.59 Å². The van der Waals surface area contributed by atoms with Gasteiger partial charge in [0.05, 0.1) is 5.56 Å².